The second-order valence-electron chi connectivity index (χ2n) is 6.79. The van der Waals surface area contributed by atoms with Crippen molar-refractivity contribution < 1.29 is 14.3 Å². The molecule has 0 fully saturated rings. The molecule has 2 N–H and O–H groups in total. The van der Waals surface area contributed by atoms with Crippen LogP contribution in [0.15, 0.2) is 79.0 Å². The molecule has 0 aliphatic rings. The molecule has 0 unspecified atom stereocenters. The van der Waals surface area contributed by atoms with Crippen molar-refractivity contribution in [2.45, 2.75) is 13.1 Å². The molecule has 0 aliphatic carbocycles. The number of carboxylic acids is 1. The molecule has 2 aromatic heterocycles. The van der Waals surface area contributed by atoms with Gasteiger partial charge in [0.1, 0.15) is 17.3 Å². The van der Waals surface area contributed by atoms with E-state index in [4.69, 9.17) is 5.11 Å². The highest BCUT2D eigenvalue weighted by molar-refractivity contribution is 5.85. The van der Waals surface area contributed by atoms with Gasteiger partial charge < -0.3 is 15.0 Å². The van der Waals surface area contributed by atoms with Crippen molar-refractivity contribution in [1.82, 2.24) is 15.0 Å². The molecule has 0 spiro atoms. The number of rotatable bonds is 7. The third-order valence-corrected chi connectivity index (χ3v) is 4.65. The summed E-state index contributed by atoms with van der Waals surface area (Å²) in [6, 6.07) is 23.1. The first-order valence-corrected chi connectivity index (χ1v) is 9.38. The van der Waals surface area contributed by atoms with Gasteiger partial charge in [0, 0.05) is 13.1 Å². The molecule has 0 saturated heterocycles. The van der Waals surface area contributed by atoms with Gasteiger partial charge in [-0.05, 0) is 23.3 Å². The van der Waals surface area contributed by atoms with Crippen LogP contribution in [0, 0.1) is 5.95 Å². The molecule has 150 valence electrons. The van der Waals surface area contributed by atoms with E-state index >= 15 is 0 Å². The first-order valence-electron chi connectivity index (χ1n) is 9.38. The second-order valence-corrected chi connectivity index (χ2v) is 6.79. The summed E-state index contributed by atoms with van der Waals surface area (Å²) in [7, 11) is 0. The highest BCUT2D eigenvalue weighted by Gasteiger charge is 2.17. The van der Waals surface area contributed by atoms with Crippen molar-refractivity contribution in [1.29, 1.82) is 0 Å². The van der Waals surface area contributed by atoms with E-state index in [0.29, 0.717) is 18.9 Å². The van der Waals surface area contributed by atoms with Gasteiger partial charge in [0.05, 0.1) is 11.8 Å². The summed E-state index contributed by atoms with van der Waals surface area (Å²) in [5.41, 5.74) is 2.17. The minimum absolute atomic E-state index is 0.108. The normalized spacial score (nSPS) is 10.7. The van der Waals surface area contributed by atoms with Crippen molar-refractivity contribution in [2.75, 3.05) is 4.90 Å². The van der Waals surface area contributed by atoms with Crippen LogP contribution < -0.4 is 4.90 Å². The van der Waals surface area contributed by atoms with Crippen molar-refractivity contribution in [3.63, 3.8) is 0 Å². The lowest BCUT2D eigenvalue weighted by Gasteiger charge is -2.24. The number of aromatic carboxylic acids is 1. The Kier molecular flexibility index (Phi) is 5.52. The topological polar surface area (TPSA) is 82.1 Å². The Morgan fingerprint density at radius 3 is 2.03 bits per heavy atom. The monoisotopic (exact) mass is 402 g/mol. The zero-order chi connectivity index (χ0) is 20.9. The molecule has 0 aliphatic heterocycles. The number of imidazole rings is 1. The summed E-state index contributed by atoms with van der Waals surface area (Å²) in [5.74, 6) is -1.27. The number of aromatic amines is 1. The average Bonchev–Trinajstić information content (AvgIpc) is 3.25. The highest BCUT2D eigenvalue weighted by atomic mass is 19.1. The van der Waals surface area contributed by atoms with E-state index in [2.05, 4.69) is 15.0 Å². The van der Waals surface area contributed by atoms with Gasteiger partial charge in [0.2, 0.25) is 5.95 Å². The molecule has 0 saturated carbocycles. The Balaban J connectivity index is 1.65. The van der Waals surface area contributed by atoms with Crippen LogP contribution in [0.5, 0.6) is 0 Å². The molecule has 7 heteroatoms. The first-order chi connectivity index (χ1) is 14.6. The van der Waals surface area contributed by atoms with Crippen LogP contribution >= 0.6 is 0 Å². The Hall–Kier alpha value is -4.00. The van der Waals surface area contributed by atoms with Crippen LogP contribution in [-0.2, 0) is 13.1 Å². The summed E-state index contributed by atoms with van der Waals surface area (Å²) in [5, 5.41) is 9.02. The number of pyridine rings is 1. The Bertz CT molecular complexity index is 1100. The summed E-state index contributed by atoms with van der Waals surface area (Å²) < 4.78 is 14.8. The summed E-state index contributed by atoms with van der Waals surface area (Å²) in [6.45, 7) is 1.12. The fourth-order valence-electron chi connectivity index (χ4n) is 3.17. The van der Waals surface area contributed by atoms with Gasteiger partial charge in [-0.3, -0.25) is 0 Å². The third kappa shape index (κ3) is 4.35. The maximum absolute atomic E-state index is 14.8. The first kappa shape index (κ1) is 19.3. The van der Waals surface area contributed by atoms with Crippen molar-refractivity contribution in [3.8, 4) is 11.4 Å². The van der Waals surface area contributed by atoms with E-state index in [9.17, 15) is 9.18 Å². The Morgan fingerprint density at radius 2 is 1.53 bits per heavy atom. The number of aromatic nitrogens is 3. The molecule has 0 amide bonds. The average molecular weight is 402 g/mol. The molecule has 2 heterocycles. The van der Waals surface area contributed by atoms with Crippen LogP contribution in [0.1, 0.15) is 21.6 Å². The number of carboxylic acid groups (broad SMARTS) is 1. The quantitative estimate of drug-likeness (QED) is 0.444. The van der Waals surface area contributed by atoms with Gasteiger partial charge in [-0.25, -0.2) is 14.8 Å². The van der Waals surface area contributed by atoms with Gasteiger partial charge >= 0.3 is 5.97 Å². The van der Waals surface area contributed by atoms with E-state index < -0.39 is 11.9 Å². The van der Waals surface area contributed by atoms with Crippen LogP contribution in [0.3, 0.4) is 0 Å². The standard InChI is InChI=1S/C23H19FN4O2/c24-21-18(22-25-13-19(26-22)23(29)30)11-12-20(27-21)28(14-16-7-3-1-4-8-16)15-17-9-5-2-6-10-17/h1-13H,14-15H2,(H,25,26)(H,29,30). The molecular weight excluding hydrogens is 383 g/mol. The molecule has 2 aromatic carbocycles. The van der Waals surface area contributed by atoms with Crippen molar-refractivity contribution >= 4 is 11.8 Å². The predicted molar refractivity (Wildman–Crippen MR) is 112 cm³/mol. The van der Waals surface area contributed by atoms with E-state index in [1.165, 1.54) is 0 Å². The fourth-order valence-corrected chi connectivity index (χ4v) is 3.17. The zero-order valence-electron chi connectivity index (χ0n) is 16.0. The van der Waals surface area contributed by atoms with Gasteiger partial charge in [0.25, 0.3) is 0 Å². The SMILES string of the molecule is O=C(O)c1cnc(-c2ccc(N(Cc3ccccc3)Cc3ccccc3)nc2F)[nH]1. The van der Waals surface area contributed by atoms with Gasteiger partial charge in [-0.15, -0.1) is 0 Å². The molecular formula is C23H19FN4O2. The molecule has 0 bridgehead atoms. The third-order valence-electron chi connectivity index (χ3n) is 4.65. The van der Waals surface area contributed by atoms with E-state index in [1.807, 2.05) is 65.6 Å². The Labute approximate surface area is 172 Å². The molecule has 0 atom stereocenters. The Morgan fingerprint density at radius 1 is 0.933 bits per heavy atom. The summed E-state index contributed by atoms with van der Waals surface area (Å²) in [6.07, 6.45) is 1.15. The lowest BCUT2D eigenvalue weighted by molar-refractivity contribution is 0.0691. The lowest BCUT2D eigenvalue weighted by atomic mass is 10.1. The number of hydrogen-bond acceptors (Lipinski definition) is 4. The van der Waals surface area contributed by atoms with Crippen LogP contribution in [0.2, 0.25) is 0 Å². The van der Waals surface area contributed by atoms with Gasteiger partial charge in [-0.2, -0.15) is 4.39 Å². The summed E-state index contributed by atoms with van der Waals surface area (Å²) >= 11 is 0. The minimum atomic E-state index is -1.16. The number of nitrogens with one attached hydrogen (secondary N) is 1. The number of halogens is 1. The molecule has 0 radical (unpaired) electrons. The maximum Gasteiger partial charge on any atom is 0.353 e. The van der Waals surface area contributed by atoms with Crippen LogP contribution in [0.25, 0.3) is 11.4 Å². The zero-order valence-corrected chi connectivity index (χ0v) is 16.0. The van der Waals surface area contributed by atoms with Gasteiger partial charge in [0.15, 0.2) is 0 Å². The number of nitrogens with zero attached hydrogens (tertiary/aromatic N) is 3. The van der Waals surface area contributed by atoms with E-state index in [-0.39, 0.29) is 17.1 Å². The smallest absolute Gasteiger partial charge is 0.353 e. The van der Waals surface area contributed by atoms with Crippen LogP contribution in [0.4, 0.5) is 10.2 Å². The largest absolute Gasteiger partial charge is 0.477 e. The number of carbonyl (C=O) groups is 1. The molecule has 30 heavy (non-hydrogen) atoms. The van der Waals surface area contributed by atoms with E-state index in [0.717, 1.165) is 17.3 Å². The second kappa shape index (κ2) is 8.57. The molecule has 4 aromatic rings. The van der Waals surface area contributed by atoms with E-state index in [1.54, 1.807) is 12.1 Å². The number of benzene rings is 2. The molecule has 6 nitrogen and oxygen atoms in total. The minimum Gasteiger partial charge on any atom is -0.477 e. The predicted octanol–water partition coefficient (Wildman–Crippen LogP) is 4.52. The van der Waals surface area contributed by atoms with Gasteiger partial charge in [-0.1, -0.05) is 60.7 Å². The number of anilines is 1. The van der Waals surface area contributed by atoms with Crippen molar-refractivity contribution in [3.05, 3.63) is 102 Å². The van der Waals surface area contributed by atoms with Crippen molar-refractivity contribution in [2.24, 2.45) is 0 Å². The van der Waals surface area contributed by atoms with Crippen LogP contribution in [-0.4, -0.2) is 26.0 Å². The molecule has 4 rings (SSSR count). The highest BCUT2D eigenvalue weighted by Crippen LogP contribution is 2.24. The number of H-pyrrole nitrogens is 1. The maximum atomic E-state index is 14.8. The lowest BCUT2D eigenvalue weighted by Crippen LogP contribution is -2.23. The summed E-state index contributed by atoms with van der Waals surface area (Å²) in [4.78, 5) is 23.7. The number of hydrogen-bond donors (Lipinski definition) is 2. The fraction of sp³-hybridized carbons (Fsp3) is 0.0870.